The summed E-state index contributed by atoms with van der Waals surface area (Å²) >= 11 is 7.86. The highest BCUT2D eigenvalue weighted by atomic mass is 127. The quantitative estimate of drug-likeness (QED) is 0.373. The van der Waals surface area contributed by atoms with Gasteiger partial charge in [-0.25, -0.2) is 5.43 Å². The number of carbonyl (C=O) groups excluding carboxylic acids is 2. The molecule has 0 spiro atoms. The van der Waals surface area contributed by atoms with Crippen molar-refractivity contribution in [3.8, 4) is 5.75 Å². The number of halogens is 2. The maximum atomic E-state index is 12.1. The first-order valence-corrected chi connectivity index (χ1v) is 8.21. The summed E-state index contributed by atoms with van der Waals surface area (Å²) < 4.78 is 0.580. The molecule has 2 rings (SSSR count). The second-order valence-corrected chi connectivity index (χ2v) is 6.39. The molecule has 24 heavy (non-hydrogen) atoms. The highest BCUT2D eigenvalue weighted by molar-refractivity contribution is 14.1. The smallest absolute Gasteiger partial charge is 0.271 e. The van der Waals surface area contributed by atoms with E-state index < -0.39 is 5.91 Å². The molecule has 0 aliphatic rings. The van der Waals surface area contributed by atoms with Gasteiger partial charge in [-0.2, -0.15) is 5.10 Å². The summed E-state index contributed by atoms with van der Waals surface area (Å²) in [5, 5.41) is 16.8. The van der Waals surface area contributed by atoms with Crippen LogP contribution < -0.4 is 10.7 Å². The summed E-state index contributed by atoms with van der Waals surface area (Å²) in [6, 6.07) is 9.59. The zero-order chi connectivity index (χ0) is 17.7. The number of aromatic hydroxyl groups is 1. The van der Waals surface area contributed by atoms with Crippen molar-refractivity contribution in [3.63, 3.8) is 0 Å². The molecular formula is C16H13ClIN3O3. The minimum Gasteiger partial charge on any atom is -0.506 e. The van der Waals surface area contributed by atoms with Crippen molar-refractivity contribution >= 4 is 57.9 Å². The maximum absolute atomic E-state index is 12.1. The Morgan fingerprint density at radius 1 is 1.29 bits per heavy atom. The molecule has 8 heteroatoms. The SMILES string of the molecule is CC(=O)Nc1cccc(C(=O)N/N=C/c2cc(Cl)cc(I)c2O)c1. The van der Waals surface area contributed by atoms with Crippen LogP contribution in [0.5, 0.6) is 5.75 Å². The number of hydrazone groups is 1. The van der Waals surface area contributed by atoms with Crippen LogP contribution in [0.2, 0.25) is 5.02 Å². The van der Waals surface area contributed by atoms with E-state index in [1.54, 1.807) is 24.3 Å². The van der Waals surface area contributed by atoms with E-state index in [2.05, 4.69) is 15.8 Å². The van der Waals surface area contributed by atoms with Crippen LogP contribution in [0.4, 0.5) is 5.69 Å². The van der Waals surface area contributed by atoms with Crippen LogP contribution in [0.25, 0.3) is 0 Å². The molecule has 0 bridgehead atoms. The predicted molar refractivity (Wildman–Crippen MR) is 102 cm³/mol. The molecule has 0 fully saturated rings. The average molecular weight is 458 g/mol. The Balaban J connectivity index is 2.09. The largest absolute Gasteiger partial charge is 0.506 e. The van der Waals surface area contributed by atoms with Crippen LogP contribution in [0.3, 0.4) is 0 Å². The highest BCUT2D eigenvalue weighted by Crippen LogP contribution is 2.27. The Hall–Kier alpha value is -2.13. The Labute approximate surface area is 157 Å². The molecule has 0 saturated heterocycles. The van der Waals surface area contributed by atoms with Gasteiger partial charge in [-0.1, -0.05) is 17.7 Å². The number of nitrogens with zero attached hydrogens (tertiary/aromatic N) is 1. The van der Waals surface area contributed by atoms with Crippen molar-refractivity contribution in [2.24, 2.45) is 5.10 Å². The van der Waals surface area contributed by atoms with Crippen LogP contribution in [0, 0.1) is 3.57 Å². The molecule has 6 nitrogen and oxygen atoms in total. The first-order valence-electron chi connectivity index (χ1n) is 6.76. The Kier molecular flexibility index (Phi) is 6.16. The van der Waals surface area contributed by atoms with E-state index in [9.17, 15) is 14.7 Å². The number of hydrogen-bond acceptors (Lipinski definition) is 4. The number of phenols is 1. The average Bonchev–Trinajstić information content (AvgIpc) is 2.51. The van der Waals surface area contributed by atoms with E-state index in [0.717, 1.165) is 0 Å². The number of amides is 2. The van der Waals surface area contributed by atoms with Gasteiger partial charge in [-0.3, -0.25) is 9.59 Å². The van der Waals surface area contributed by atoms with E-state index in [1.165, 1.54) is 25.3 Å². The van der Waals surface area contributed by atoms with E-state index in [0.29, 0.717) is 25.4 Å². The van der Waals surface area contributed by atoms with Gasteiger partial charge in [0.1, 0.15) is 5.75 Å². The van der Waals surface area contributed by atoms with Gasteiger partial charge in [-0.15, -0.1) is 0 Å². The fourth-order valence-electron chi connectivity index (χ4n) is 1.85. The summed E-state index contributed by atoms with van der Waals surface area (Å²) in [6.45, 7) is 1.38. The van der Waals surface area contributed by atoms with Gasteiger partial charge in [0, 0.05) is 28.8 Å². The van der Waals surface area contributed by atoms with Crippen LogP contribution >= 0.6 is 34.2 Å². The summed E-state index contributed by atoms with van der Waals surface area (Å²) in [4.78, 5) is 23.1. The molecule has 0 saturated carbocycles. The van der Waals surface area contributed by atoms with Crippen LogP contribution in [-0.4, -0.2) is 23.1 Å². The van der Waals surface area contributed by atoms with Crippen LogP contribution in [0.1, 0.15) is 22.8 Å². The zero-order valence-corrected chi connectivity index (χ0v) is 15.4. The van der Waals surface area contributed by atoms with Gasteiger partial charge in [-0.05, 0) is 52.9 Å². The van der Waals surface area contributed by atoms with Crippen molar-refractivity contribution < 1.29 is 14.7 Å². The van der Waals surface area contributed by atoms with Crippen molar-refractivity contribution in [3.05, 3.63) is 56.1 Å². The Bertz CT molecular complexity index is 824. The number of nitrogens with one attached hydrogen (secondary N) is 2. The molecule has 2 amide bonds. The monoisotopic (exact) mass is 457 g/mol. The normalized spacial score (nSPS) is 10.6. The molecule has 0 radical (unpaired) electrons. The maximum Gasteiger partial charge on any atom is 0.271 e. The Morgan fingerprint density at radius 2 is 2.04 bits per heavy atom. The molecule has 0 unspecified atom stereocenters. The molecule has 124 valence electrons. The highest BCUT2D eigenvalue weighted by Gasteiger charge is 2.07. The lowest BCUT2D eigenvalue weighted by Gasteiger charge is -2.05. The minimum atomic E-state index is -0.449. The van der Waals surface area contributed by atoms with E-state index in [-0.39, 0.29) is 11.7 Å². The molecule has 0 atom stereocenters. The van der Waals surface area contributed by atoms with Crippen molar-refractivity contribution in [2.45, 2.75) is 6.92 Å². The third-order valence-electron chi connectivity index (χ3n) is 2.87. The van der Waals surface area contributed by atoms with Gasteiger partial charge < -0.3 is 10.4 Å². The summed E-state index contributed by atoms with van der Waals surface area (Å²) in [7, 11) is 0. The van der Waals surface area contributed by atoms with Crippen molar-refractivity contribution in [1.82, 2.24) is 5.43 Å². The topological polar surface area (TPSA) is 90.8 Å². The Morgan fingerprint density at radius 3 is 2.75 bits per heavy atom. The lowest BCUT2D eigenvalue weighted by molar-refractivity contribution is -0.114. The van der Waals surface area contributed by atoms with Crippen LogP contribution in [0.15, 0.2) is 41.5 Å². The van der Waals surface area contributed by atoms with Gasteiger partial charge in [0.15, 0.2) is 0 Å². The van der Waals surface area contributed by atoms with Gasteiger partial charge >= 0.3 is 0 Å². The molecule has 0 aliphatic carbocycles. The second-order valence-electron chi connectivity index (χ2n) is 4.79. The molecule has 3 N–H and O–H groups in total. The second kappa shape index (κ2) is 8.11. The molecule has 2 aromatic rings. The number of anilines is 1. The van der Waals surface area contributed by atoms with Gasteiger partial charge in [0.2, 0.25) is 5.91 Å². The van der Waals surface area contributed by atoms with Gasteiger partial charge in [0.05, 0.1) is 9.78 Å². The number of benzene rings is 2. The third-order valence-corrected chi connectivity index (χ3v) is 3.91. The lowest BCUT2D eigenvalue weighted by atomic mass is 10.2. The van der Waals surface area contributed by atoms with Crippen LogP contribution in [-0.2, 0) is 4.79 Å². The molecule has 2 aromatic carbocycles. The third kappa shape index (κ3) is 4.93. The first kappa shape index (κ1) is 18.2. The van der Waals surface area contributed by atoms with Gasteiger partial charge in [0.25, 0.3) is 5.91 Å². The van der Waals surface area contributed by atoms with E-state index in [1.807, 2.05) is 22.6 Å². The molecule has 0 heterocycles. The minimum absolute atomic E-state index is 0.0330. The first-order chi connectivity index (χ1) is 11.4. The standard InChI is InChI=1S/C16H13ClIN3O3/c1-9(22)20-13-4-2-3-10(6-13)16(24)21-19-8-11-5-12(17)7-14(18)15(11)23/h2-8,23H,1H3,(H,20,22)(H,21,24)/b19-8+. The summed E-state index contributed by atoms with van der Waals surface area (Å²) in [6.07, 6.45) is 1.30. The number of rotatable bonds is 4. The molecular weight excluding hydrogens is 445 g/mol. The fraction of sp³-hybridized carbons (Fsp3) is 0.0625. The molecule has 0 aliphatic heterocycles. The number of phenolic OH excluding ortho intramolecular Hbond substituents is 1. The number of hydrogen-bond donors (Lipinski definition) is 3. The van der Waals surface area contributed by atoms with E-state index in [4.69, 9.17) is 11.6 Å². The number of carbonyl (C=O) groups is 2. The fourth-order valence-corrected chi connectivity index (χ4v) is 2.91. The summed E-state index contributed by atoms with van der Waals surface area (Å²) in [5.41, 5.74) is 3.59. The summed E-state index contributed by atoms with van der Waals surface area (Å²) in [5.74, 6) is -0.642. The van der Waals surface area contributed by atoms with E-state index >= 15 is 0 Å². The van der Waals surface area contributed by atoms with Crippen molar-refractivity contribution in [2.75, 3.05) is 5.32 Å². The molecule has 0 aromatic heterocycles. The zero-order valence-electron chi connectivity index (χ0n) is 12.5. The van der Waals surface area contributed by atoms with Crippen molar-refractivity contribution in [1.29, 1.82) is 0 Å². The predicted octanol–water partition coefficient (Wildman–Crippen LogP) is 3.37. The lowest BCUT2D eigenvalue weighted by Crippen LogP contribution is -2.18.